The number of thiophene rings is 1. The summed E-state index contributed by atoms with van der Waals surface area (Å²) in [5.41, 5.74) is 3.32. The number of aromatic nitrogens is 5. The number of anilines is 2. The zero-order valence-corrected chi connectivity index (χ0v) is 19.8. The maximum Gasteiger partial charge on any atom is 0.343 e. The number of nitrogens with one attached hydrogen (secondary N) is 1. The van der Waals surface area contributed by atoms with Crippen LogP contribution < -0.4 is 5.32 Å². The van der Waals surface area contributed by atoms with E-state index in [0.717, 1.165) is 31.9 Å². The number of nitrogens with zero attached hydrogens (tertiary/aromatic N) is 5. The number of benzene rings is 1. The highest BCUT2D eigenvalue weighted by Crippen LogP contribution is 2.33. The van der Waals surface area contributed by atoms with E-state index in [-0.39, 0.29) is 6.61 Å². The Bertz CT molecular complexity index is 1460. The summed E-state index contributed by atoms with van der Waals surface area (Å²) in [6.07, 6.45) is 1.49. The third kappa shape index (κ3) is 3.98. The summed E-state index contributed by atoms with van der Waals surface area (Å²) < 4.78 is 6.86. The lowest BCUT2D eigenvalue weighted by atomic mass is 10.1. The molecule has 5 aromatic rings. The second-order valence-corrected chi connectivity index (χ2v) is 9.25. The van der Waals surface area contributed by atoms with Gasteiger partial charge in [-0.25, -0.2) is 9.78 Å². The molecule has 0 spiro atoms. The van der Waals surface area contributed by atoms with Gasteiger partial charge in [-0.05, 0) is 49.4 Å². The largest absolute Gasteiger partial charge is 0.462 e. The van der Waals surface area contributed by atoms with E-state index in [2.05, 4.69) is 20.6 Å². The molecule has 8 nitrogen and oxygen atoms in total. The van der Waals surface area contributed by atoms with Crippen LogP contribution in [0.5, 0.6) is 0 Å². The fourth-order valence-corrected chi connectivity index (χ4v) is 5.06. The Kier molecular flexibility index (Phi) is 5.61. The SMILES string of the molecule is CCOC(=O)c1cnn(-c2cc(C)c3cccc(C)c3n2)c1Nc1nnc(-c2cccs2)s1. The molecular formula is C23H20N6O2S2. The maximum absolute atomic E-state index is 12.7. The van der Waals surface area contributed by atoms with Gasteiger partial charge in [0.05, 0.1) is 23.2 Å². The van der Waals surface area contributed by atoms with Gasteiger partial charge in [0.1, 0.15) is 5.56 Å². The minimum absolute atomic E-state index is 0.261. The van der Waals surface area contributed by atoms with E-state index >= 15 is 0 Å². The Labute approximate surface area is 197 Å². The van der Waals surface area contributed by atoms with E-state index in [1.54, 1.807) is 22.9 Å². The van der Waals surface area contributed by atoms with Crippen molar-refractivity contribution in [3.8, 4) is 15.7 Å². The minimum Gasteiger partial charge on any atom is -0.462 e. The molecule has 1 N–H and O–H groups in total. The Morgan fingerprint density at radius 3 is 2.82 bits per heavy atom. The molecule has 33 heavy (non-hydrogen) atoms. The Hall–Kier alpha value is -3.63. The normalized spacial score (nSPS) is 11.1. The van der Waals surface area contributed by atoms with E-state index in [1.165, 1.54) is 17.5 Å². The number of hydrogen-bond donors (Lipinski definition) is 1. The van der Waals surface area contributed by atoms with Gasteiger partial charge in [-0.2, -0.15) is 9.78 Å². The fourth-order valence-electron chi connectivity index (χ4n) is 3.53. The monoisotopic (exact) mass is 476 g/mol. The van der Waals surface area contributed by atoms with Gasteiger partial charge < -0.3 is 10.1 Å². The molecule has 0 saturated carbocycles. The van der Waals surface area contributed by atoms with E-state index in [1.807, 2.05) is 55.6 Å². The molecule has 166 valence electrons. The number of rotatable bonds is 6. The quantitative estimate of drug-likeness (QED) is 0.322. The molecule has 0 atom stereocenters. The number of carbonyl (C=O) groups is 1. The van der Waals surface area contributed by atoms with Gasteiger partial charge in [-0.1, -0.05) is 35.6 Å². The van der Waals surface area contributed by atoms with Crippen molar-refractivity contribution in [1.82, 2.24) is 25.0 Å². The predicted molar refractivity (Wildman–Crippen MR) is 131 cm³/mol. The first-order valence-electron chi connectivity index (χ1n) is 10.3. The van der Waals surface area contributed by atoms with E-state index in [4.69, 9.17) is 9.72 Å². The molecule has 10 heteroatoms. The molecule has 4 aromatic heterocycles. The predicted octanol–water partition coefficient (Wildman–Crippen LogP) is 5.54. The number of para-hydroxylation sites is 1. The third-order valence-electron chi connectivity index (χ3n) is 5.10. The number of ether oxygens (including phenoxy) is 1. The van der Waals surface area contributed by atoms with E-state index < -0.39 is 5.97 Å². The molecular weight excluding hydrogens is 456 g/mol. The average molecular weight is 477 g/mol. The van der Waals surface area contributed by atoms with Crippen molar-refractivity contribution in [3.63, 3.8) is 0 Å². The molecule has 0 aliphatic heterocycles. The molecule has 0 amide bonds. The van der Waals surface area contributed by atoms with Gasteiger partial charge in [0, 0.05) is 5.39 Å². The topological polar surface area (TPSA) is 94.8 Å². The number of carbonyl (C=O) groups excluding carboxylic acids is 1. The van der Waals surface area contributed by atoms with Crippen molar-refractivity contribution in [2.24, 2.45) is 0 Å². The van der Waals surface area contributed by atoms with Crippen LogP contribution in [-0.2, 0) is 4.74 Å². The lowest BCUT2D eigenvalue weighted by Crippen LogP contribution is -2.10. The molecule has 0 radical (unpaired) electrons. The Morgan fingerprint density at radius 2 is 2.03 bits per heavy atom. The van der Waals surface area contributed by atoms with Crippen LogP contribution in [0.4, 0.5) is 10.9 Å². The van der Waals surface area contributed by atoms with Gasteiger partial charge in [0.2, 0.25) is 5.13 Å². The standard InChI is InChI=1S/C23H20N6O2S2/c1-4-31-22(30)16-12-24-29(18-11-14(3)15-8-5-7-13(2)19(15)25-18)20(16)26-23-28-27-21(33-23)17-9-6-10-32-17/h5-12H,4H2,1-3H3,(H,26,28). The zero-order chi connectivity index (χ0) is 22.9. The summed E-state index contributed by atoms with van der Waals surface area (Å²) in [7, 11) is 0. The second kappa shape index (κ2) is 8.72. The maximum atomic E-state index is 12.7. The van der Waals surface area contributed by atoms with E-state index in [9.17, 15) is 4.79 Å². The first-order valence-corrected chi connectivity index (χ1v) is 12.0. The molecule has 0 bridgehead atoms. The lowest BCUT2D eigenvalue weighted by Gasteiger charge is -2.12. The van der Waals surface area contributed by atoms with Crippen LogP contribution in [0.25, 0.3) is 26.6 Å². The number of hydrogen-bond acceptors (Lipinski definition) is 9. The van der Waals surface area contributed by atoms with Crippen molar-refractivity contribution >= 4 is 50.5 Å². The van der Waals surface area contributed by atoms with Gasteiger partial charge in [-0.3, -0.25) is 0 Å². The molecule has 4 heterocycles. The average Bonchev–Trinajstić information content (AvgIpc) is 3.56. The molecule has 0 unspecified atom stereocenters. The van der Waals surface area contributed by atoms with Crippen LogP contribution in [0.15, 0.2) is 48.0 Å². The first kappa shape index (κ1) is 21.2. The highest BCUT2D eigenvalue weighted by atomic mass is 32.1. The smallest absolute Gasteiger partial charge is 0.343 e. The Balaban J connectivity index is 1.61. The third-order valence-corrected chi connectivity index (χ3v) is 6.98. The lowest BCUT2D eigenvalue weighted by molar-refractivity contribution is 0.0527. The van der Waals surface area contributed by atoms with Crippen LogP contribution in [-0.4, -0.2) is 37.5 Å². The van der Waals surface area contributed by atoms with Gasteiger partial charge >= 0.3 is 5.97 Å². The summed E-state index contributed by atoms with van der Waals surface area (Å²) in [5.74, 6) is 0.556. The summed E-state index contributed by atoms with van der Waals surface area (Å²) in [6.45, 7) is 6.09. The number of fused-ring (bicyclic) bond motifs is 1. The van der Waals surface area contributed by atoms with Gasteiger partial charge in [-0.15, -0.1) is 21.5 Å². The fraction of sp³-hybridized carbons (Fsp3) is 0.174. The van der Waals surface area contributed by atoms with Crippen LogP contribution >= 0.6 is 22.7 Å². The second-order valence-electron chi connectivity index (χ2n) is 7.32. The minimum atomic E-state index is -0.470. The van der Waals surface area contributed by atoms with Crippen molar-refractivity contribution in [3.05, 3.63) is 64.7 Å². The van der Waals surface area contributed by atoms with Crippen LogP contribution in [0, 0.1) is 13.8 Å². The number of aryl methyl sites for hydroxylation is 2. The molecule has 1 aromatic carbocycles. The van der Waals surface area contributed by atoms with Gasteiger partial charge in [0.25, 0.3) is 0 Å². The molecule has 0 aliphatic rings. The van der Waals surface area contributed by atoms with Crippen molar-refractivity contribution in [2.75, 3.05) is 11.9 Å². The first-order chi connectivity index (χ1) is 16.0. The van der Waals surface area contributed by atoms with Crippen molar-refractivity contribution in [1.29, 1.82) is 0 Å². The zero-order valence-electron chi connectivity index (χ0n) is 18.2. The number of esters is 1. The summed E-state index contributed by atoms with van der Waals surface area (Å²) in [5, 5.41) is 20.6. The van der Waals surface area contributed by atoms with Crippen molar-refractivity contribution in [2.45, 2.75) is 20.8 Å². The van der Waals surface area contributed by atoms with Gasteiger partial charge in [0.15, 0.2) is 16.6 Å². The highest BCUT2D eigenvalue weighted by Gasteiger charge is 2.22. The molecule has 0 saturated heterocycles. The highest BCUT2D eigenvalue weighted by molar-refractivity contribution is 7.23. The summed E-state index contributed by atoms with van der Waals surface area (Å²) in [4.78, 5) is 18.5. The van der Waals surface area contributed by atoms with Crippen LogP contribution in [0.3, 0.4) is 0 Å². The van der Waals surface area contributed by atoms with Crippen LogP contribution in [0.2, 0.25) is 0 Å². The van der Waals surface area contributed by atoms with E-state index in [0.29, 0.717) is 22.3 Å². The molecule has 0 fully saturated rings. The van der Waals surface area contributed by atoms with Crippen LogP contribution in [0.1, 0.15) is 28.4 Å². The number of pyridine rings is 1. The molecule has 5 rings (SSSR count). The summed E-state index contributed by atoms with van der Waals surface area (Å²) in [6, 6.07) is 12.0. The Morgan fingerprint density at radius 1 is 1.15 bits per heavy atom. The van der Waals surface area contributed by atoms with Crippen molar-refractivity contribution < 1.29 is 9.53 Å². The molecule has 0 aliphatic carbocycles. The summed E-state index contributed by atoms with van der Waals surface area (Å²) >= 11 is 2.99.